The Morgan fingerprint density at radius 2 is 2.06 bits per heavy atom. The standard InChI is InChI=1S/C13H20N2O2/c1-13(2,3)14-8-12(17)15-11-6-4-5-10(7-11)9-16/h4-7,14,16H,8-9H2,1-3H3,(H,15,17). The zero-order valence-electron chi connectivity index (χ0n) is 10.6. The Morgan fingerprint density at radius 1 is 1.35 bits per heavy atom. The van der Waals surface area contributed by atoms with E-state index in [2.05, 4.69) is 10.6 Å². The lowest BCUT2D eigenvalue weighted by Gasteiger charge is -2.20. The second kappa shape index (κ2) is 5.80. The number of amides is 1. The molecule has 0 spiro atoms. The van der Waals surface area contributed by atoms with Gasteiger partial charge in [-0.25, -0.2) is 0 Å². The van der Waals surface area contributed by atoms with Crippen LogP contribution in [0.3, 0.4) is 0 Å². The average Bonchev–Trinajstić information content (AvgIpc) is 2.26. The first-order valence-electron chi connectivity index (χ1n) is 5.65. The fourth-order valence-electron chi connectivity index (χ4n) is 1.30. The number of rotatable bonds is 4. The zero-order valence-corrected chi connectivity index (χ0v) is 10.6. The maximum absolute atomic E-state index is 11.6. The predicted molar refractivity (Wildman–Crippen MR) is 68.8 cm³/mol. The van der Waals surface area contributed by atoms with E-state index < -0.39 is 0 Å². The zero-order chi connectivity index (χ0) is 12.9. The Kier molecular flexibility index (Phi) is 4.66. The van der Waals surface area contributed by atoms with E-state index in [9.17, 15) is 4.79 Å². The lowest BCUT2D eigenvalue weighted by molar-refractivity contribution is -0.115. The summed E-state index contributed by atoms with van der Waals surface area (Å²) in [5.41, 5.74) is 1.41. The summed E-state index contributed by atoms with van der Waals surface area (Å²) in [6.07, 6.45) is 0. The summed E-state index contributed by atoms with van der Waals surface area (Å²) in [5, 5.41) is 14.9. The van der Waals surface area contributed by atoms with Crippen LogP contribution in [0.5, 0.6) is 0 Å². The molecule has 0 radical (unpaired) electrons. The van der Waals surface area contributed by atoms with Crippen molar-refractivity contribution in [1.82, 2.24) is 5.32 Å². The lowest BCUT2D eigenvalue weighted by Crippen LogP contribution is -2.41. The van der Waals surface area contributed by atoms with E-state index in [0.717, 1.165) is 5.56 Å². The molecule has 0 fully saturated rings. The molecule has 3 N–H and O–H groups in total. The molecule has 1 amide bonds. The SMILES string of the molecule is CC(C)(C)NCC(=O)Nc1cccc(CO)c1. The summed E-state index contributed by atoms with van der Waals surface area (Å²) in [7, 11) is 0. The highest BCUT2D eigenvalue weighted by Gasteiger charge is 2.11. The van der Waals surface area contributed by atoms with E-state index in [4.69, 9.17) is 5.11 Å². The molecule has 17 heavy (non-hydrogen) atoms. The largest absolute Gasteiger partial charge is 0.392 e. The van der Waals surface area contributed by atoms with Gasteiger partial charge in [0.15, 0.2) is 0 Å². The molecule has 0 saturated carbocycles. The van der Waals surface area contributed by atoms with Crippen molar-refractivity contribution in [2.45, 2.75) is 32.9 Å². The molecule has 0 heterocycles. The Morgan fingerprint density at radius 3 is 2.65 bits per heavy atom. The van der Waals surface area contributed by atoms with Crippen LogP contribution in [0.4, 0.5) is 5.69 Å². The van der Waals surface area contributed by atoms with E-state index in [1.165, 1.54) is 0 Å². The number of carbonyl (C=O) groups is 1. The van der Waals surface area contributed by atoms with E-state index in [0.29, 0.717) is 5.69 Å². The molecule has 0 aromatic heterocycles. The van der Waals surface area contributed by atoms with Gasteiger partial charge in [-0.1, -0.05) is 12.1 Å². The first-order valence-corrected chi connectivity index (χ1v) is 5.65. The molecule has 0 atom stereocenters. The summed E-state index contributed by atoms with van der Waals surface area (Å²) in [6, 6.07) is 7.17. The van der Waals surface area contributed by atoms with Crippen molar-refractivity contribution in [3.8, 4) is 0 Å². The Bertz CT molecular complexity index is 383. The van der Waals surface area contributed by atoms with Crippen LogP contribution in [0.1, 0.15) is 26.3 Å². The van der Waals surface area contributed by atoms with Crippen LogP contribution in [0.2, 0.25) is 0 Å². The van der Waals surface area contributed by atoms with Crippen molar-refractivity contribution in [3.63, 3.8) is 0 Å². The molecule has 94 valence electrons. The number of nitrogens with one attached hydrogen (secondary N) is 2. The number of aliphatic hydroxyl groups excluding tert-OH is 1. The molecular weight excluding hydrogens is 216 g/mol. The van der Waals surface area contributed by atoms with Crippen LogP contribution in [0, 0.1) is 0 Å². The van der Waals surface area contributed by atoms with Gasteiger partial charge < -0.3 is 15.7 Å². The van der Waals surface area contributed by atoms with Gasteiger partial charge in [-0.2, -0.15) is 0 Å². The Hall–Kier alpha value is -1.39. The number of hydrogen-bond acceptors (Lipinski definition) is 3. The molecule has 0 aliphatic carbocycles. The van der Waals surface area contributed by atoms with Crippen molar-refractivity contribution in [1.29, 1.82) is 0 Å². The highest BCUT2D eigenvalue weighted by molar-refractivity contribution is 5.92. The van der Waals surface area contributed by atoms with Gasteiger partial charge in [0.05, 0.1) is 13.2 Å². The summed E-state index contributed by atoms with van der Waals surface area (Å²) in [6.45, 7) is 6.27. The molecule has 0 saturated heterocycles. The van der Waals surface area contributed by atoms with Crippen LogP contribution in [-0.4, -0.2) is 23.1 Å². The average molecular weight is 236 g/mol. The highest BCUT2D eigenvalue weighted by Crippen LogP contribution is 2.10. The predicted octanol–water partition coefficient (Wildman–Crippen LogP) is 1.51. The second-order valence-electron chi connectivity index (χ2n) is 5.01. The van der Waals surface area contributed by atoms with Crippen molar-refractivity contribution in [2.75, 3.05) is 11.9 Å². The molecule has 0 bridgehead atoms. The highest BCUT2D eigenvalue weighted by atomic mass is 16.3. The minimum absolute atomic E-state index is 0.0239. The summed E-state index contributed by atoms with van der Waals surface area (Å²) >= 11 is 0. The third kappa shape index (κ3) is 5.47. The number of benzene rings is 1. The van der Waals surface area contributed by atoms with Crippen LogP contribution in [0.15, 0.2) is 24.3 Å². The first kappa shape index (κ1) is 13.7. The van der Waals surface area contributed by atoms with Crippen molar-refractivity contribution in [3.05, 3.63) is 29.8 Å². The van der Waals surface area contributed by atoms with Crippen molar-refractivity contribution >= 4 is 11.6 Å². The number of aliphatic hydroxyl groups is 1. The Balaban J connectivity index is 2.50. The van der Waals surface area contributed by atoms with E-state index in [-0.39, 0.29) is 24.6 Å². The number of anilines is 1. The molecule has 0 aliphatic heterocycles. The minimum atomic E-state index is -0.0879. The van der Waals surface area contributed by atoms with Gasteiger partial charge in [0.25, 0.3) is 0 Å². The third-order valence-corrected chi connectivity index (χ3v) is 2.17. The fraction of sp³-hybridized carbons (Fsp3) is 0.462. The molecule has 1 aromatic rings. The van der Waals surface area contributed by atoms with Crippen LogP contribution < -0.4 is 10.6 Å². The monoisotopic (exact) mass is 236 g/mol. The van der Waals surface area contributed by atoms with Gasteiger partial charge in [-0.3, -0.25) is 4.79 Å². The van der Waals surface area contributed by atoms with Gasteiger partial charge in [0.1, 0.15) is 0 Å². The van der Waals surface area contributed by atoms with Crippen LogP contribution >= 0.6 is 0 Å². The molecule has 4 nitrogen and oxygen atoms in total. The van der Waals surface area contributed by atoms with E-state index >= 15 is 0 Å². The maximum Gasteiger partial charge on any atom is 0.238 e. The number of carbonyl (C=O) groups excluding carboxylic acids is 1. The minimum Gasteiger partial charge on any atom is -0.392 e. The fourth-order valence-corrected chi connectivity index (χ4v) is 1.30. The van der Waals surface area contributed by atoms with Gasteiger partial charge in [-0.05, 0) is 38.5 Å². The molecule has 1 rings (SSSR count). The number of hydrogen-bond donors (Lipinski definition) is 3. The van der Waals surface area contributed by atoms with Gasteiger partial charge in [-0.15, -0.1) is 0 Å². The summed E-state index contributed by atoms with van der Waals surface area (Å²) in [5.74, 6) is -0.0879. The second-order valence-corrected chi connectivity index (χ2v) is 5.01. The van der Waals surface area contributed by atoms with Crippen molar-refractivity contribution < 1.29 is 9.90 Å². The molecular formula is C13H20N2O2. The van der Waals surface area contributed by atoms with E-state index in [1.54, 1.807) is 18.2 Å². The lowest BCUT2D eigenvalue weighted by atomic mass is 10.1. The van der Waals surface area contributed by atoms with Crippen LogP contribution in [-0.2, 0) is 11.4 Å². The van der Waals surface area contributed by atoms with Crippen molar-refractivity contribution in [2.24, 2.45) is 0 Å². The topological polar surface area (TPSA) is 61.4 Å². The quantitative estimate of drug-likeness (QED) is 0.742. The van der Waals surface area contributed by atoms with Gasteiger partial charge >= 0.3 is 0 Å². The Labute approximate surface area is 102 Å². The van der Waals surface area contributed by atoms with E-state index in [1.807, 2.05) is 26.8 Å². The molecule has 4 heteroatoms. The third-order valence-electron chi connectivity index (χ3n) is 2.17. The maximum atomic E-state index is 11.6. The first-order chi connectivity index (χ1) is 7.90. The smallest absolute Gasteiger partial charge is 0.238 e. The van der Waals surface area contributed by atoms with Gasteiger partial charge in [0.2, 0.25) is 5.91 Å². The molecule has 0 aliphatic rings. The molecule has 0 unspecified atom stereocenters. The van der Waals surface area contributed by atoms with Gasteiger partial charge in [0, 0.05) is 11.2 Å². The summed E-state index contributed by atoms with van der Waals surface area (Å²) < 4.78 is 0. The summed E-state index contributed by atoms with van der Waals surface area (Å²) in [4.78, 5) is 11.6. The normalized spacial score (nSPS) is 11.3. The molecule has 1 aromatic carbocycles. The van der Waals surface area contributed by atoms with Crippen LogP contribution in [0.25, 0.3) is 0 Å².